The zero-order valence-electron chi connectivity index (χ0n) is 8.63. The monoisotopic (exact) mass is 392 g/mol. The summed E-state index contributed by atoms with van der Waals surface area (Å²) < 4.78 is 7.82. The average molecular weight is 393 g/mol. The lowest BCUT2D eigenvalue weighted by Crippen LogP contribution is -2.04. The number of nitrogens with zero attached hydrogens (tertiary/aromatic N) is 1. The van der Waals surface area contributed by atoms with Gasteiger partial charge in [-0.1, -0.05) is 15.9 Å². The molecule has 0 aliphatic carbocycles. The van der Waals surface area contributed by atoms with E-state index in [1.807, 2.05) is 19.2 Å². The van der Waals surface area contributed by atoms with Crippen molar-refractivity contribution >= 4 is 38.5 Å². The van der Waals surface area contributed by atoms with Crippen molar-refractivity contribution in [3.63, 3.8) is 0 Å². The van der Waals surface area contributed by atoms with E-state index < -0.39 is 0 Å². The standard InChI is InChI=1S/C11H10BrIN2O/c1-14-6-11-15-5-10(16-11)8-4-7(13)2-3-9(8)12/h2-5,14H,6H2,1H3. The van der Waals surface area contributed by atoms with E-state index in [9.17, 15) is 0 Å². The van der Waals surface area contributed by atoms with Crippen LogP contribution in [0.25, 0.3) is 11.3 Å². The topological polar surface area (TPSA) is 38.1 Å². The minimum absolute atomic E-state index is 0.640. The maximum absolute atomic E-state index is 5.64. The van der Waals surface area contributed by atoms with Crippen LogP contribution in [-0.2, 0) is 6.54 Å². The van der Waals surface area contributed by atoms with Crippen LogP contribution in [0.2, 0.25) is 0 Å². The molecule has 0 saturated carbocycles. The number of hydrogen-bond donors (Lipinski definition) is 1. The molecule has 2 rings (SSSR count). The maximum Gasteiger partial charge on any atom is 0.208 e. The number of hydrogen-bond acceptors (Lipinski definition) is 3. The lowest BCUT2D eigenvalue weighted by atomic mass is 10.2. The van der Waals surface area contributed by atoms with Crippen LogP contribution in [0.1, 0.15) is 5.89 Å². The summed E-state index contributed by atoms with van der Waals surface area (Å²) in [5.74, 6) is 1.49. The molecule has 0 unspecified atom stereocenters. The van der Waals surface area contributed by atoms with Gasteiger partial charge in [0.2, 0.25) is 5.89 Å². The van der Waals surface area contributed by atoms with Gasteiger partial charge in [-0.3, -0.25) is 0 Å². The largest absolute Gasteiger partial charge is 0.439 e. The Morgan fingerprint density at radius 3 is 3.06 bits per heavy atom. The molecule has 0 saturated heterocycles. The zero-order valence-corrected chi connectivity index (χ0v) is 12.4. The molecule has 0 radical (unpaired) electrons. The Hall–Kier alpha value is -0.400. The quantitative estimate of drug-likeness (QED) is 0.813. The molecule has 0 spiro atoms. The Bertz CT molecular complexity index is 498. The fourth-order valence-electron chi connectivity index (χ4n) is 1.35. The number of benzene rings is 1. The molecule has 1 N–H and O–H groups in total. The molecule has 16 heavy (non-hydrogen) atoms. The van der Waals surface area contributed by atoms with E-state index in [1.54, 1.807) is 6.20 Å². The van der Waals surface area contributed by atoms with Gasteiger partial charge < -0.3 is 9.73 Å². The van der Waals surface area contributed by atoms with Crippen molar-refractivity contribution in [2.45, 2.75) is 6.54 Å². The Morgan fingerprint density at radius 1 is 1.50 bits per heavy atom. The lowest BCUT2D eigenvalue weighted by molar-refractivity contribution is 0.491. The summed E-state index contributed by atoms with van der Waals surface area (Å²) in [5.41, 5.74) is 1.03. The number of rotatable bonds is 3. The molecule has 1 aromatic carbocycles. The second-order valence-corrected chi connectivity index (χ2v) is 5.37. The van der Waals surface area contributed by atoms with Crippen molar-refractivity contribution in [3.05, 3.63) is 38.3 Å². The van der Waals surface area contributed by atoms with Crippen molar-refractivity contribution in [3.8, 4) is 11.3 Å². The molecular weight excluding hydrogens is 383 g/mol. The molecular formula is C11H10BrIN2O. The van der Waals surface area contributed by atoms with Crippen molar-refractivity contribution in [1.29, 1.82) is 0 Å². The van der Waals surface area contributed by atoms with E-state index in [2.05, 4.69) is 54.9 Å². The molecule has 0 bridgehead atoms. The summed E-state index contributed by atoms with van der Waals surface area (Å²) in [5, 5.41) is 3.01. The number of aromatic nitrogens is 1. The van der Waals surface area contributed by atoms with Crippen LogP contribution in [0.4, 0.5) is 0 Å². The molecule has 5 heteroatoms. The summed E-state index contributed by atoms with van der Waals surface area (Å²) in [6.45, 7) is 0.640. The normalized spacial score (nSPS) is 10.7. The molecule has 0 aliphatic heterocycles. The second-order valence-electron chi connectivity index (χ2n) is 3.27. The van der Waals surface area contributed by atoms with Crippen LogP contribution in [0.5, 0.6) is 0 Å². The predicted molar refractivity (Wildman–Crippen MR) is 75.1 cm³/mol. The van der Waals surface area contributed by atoms with Crippen LogP contribution in [0, 0.1) is 3.57 Å². The van der Waals surface area contributed by atoms with Crippen molar-refractivity contribution in [2.24, 2.45) is 0 Å². The van der Waals surface area contributed by atoms with Gasteiger partial charge in [-0.2, -0.15) is 0 Å². The Balaban J connectivity index is 2.38. The van der Waals surface area contributed by atoms with Gasteiger partial charge in [-0.25, -0.2) is 4.98 Å². The van der Waals surface area contributed by atoms with E-state index >= 15 is 0 Å². The van der Waals surface area contributed by atoms with Gasteiger partial charge in [0, 0.05) is 13.6 Å². The predicted octanol–water partition coefficient (Wildman–Crippen LogP) is 3.43. The Morgan fingerprint density at radius 2 is 2.31 bits per heavy atom. The molecule has 0 amide bonds. The van der Waals surface area contributed by atoms with E-state index in [0.29, 0.717) is 12.4 Å². The molecule has 3 nitrogen and oxygen atoms in total. The third-order valence-electron chi connectivity index (χ3n) is 2.08. The first kappa shape index (κ1) is 12.1. The van der Waals surface area contributed by atoms with E-state index in [-0.39, 0.29) is 0 Å². The molecule has 84 valence electrons. The van der Waals surface area contributed by atoms with Crippen LogP contribution >= 0.6 is 38.5 Å². The second kappa shape index (κ2) is 5.29. The van der Waals surface area contributed by atoms with Gasteiger partial charge >= 0.3 is 0 Å². The van der Waals surface area contributed by atoms with Gasteiger partial charge in [0.05, 0.1) is 12.7 Å². The number of halogens is 2. The van der Waals surface area contributed by atoms with Gasteiger partial charge in [-0.05, 0) is 47.8 Å². The third kappa shape index (κ3) is 2.64. The first-order valence-corrected chi connectivity index (χ1v) is 6.62. The smallest absolute Gasteiger partial charge is 0.208 e. The van der Waals surface area contributed by atoms with E-state index in [1.165, 1.54) is 3.57 Å². The third-order valence-corrected chi connectivity index (χ3v) is 3.44. The lowest BCUT2D eigenvalue weighted by Gasteiger charge is -2.01. The van der Waals surface area contributed by atoms with E-state index in [4.69, 9.17) is 4.42 Å². The molecule has 1 heterocycles. The van der Waals surface area contributed by atoms with Crippen LogP contribution < -0.4 is 5.32 Å². The van der Waals surface area contributed by atoms with Crippen molar-refractivity contribution in [1.82, 2.24) is 10.3 Å². The summed E-state index contributed by atoms with van der Waals surface area (Å²) >= 11 is 5.79. The number of oxazole rings is 1. The summed E-state index contributed by atoms with van der Waals surface area (Å²) in [6, 6.07) is 6.12. The van der Waals surface area contributed by atoms with Crippen LogP contribution in [0.3, 0.4) is 0 Å². The van der Waals surface area contributed by atoms with Crippen LogP contribution in [-0.4, -0.2) is 12.0 Å². The SMILES string of the molecule is CNCc1ncc(-c2cc(I)ccc2Br)o1. The zero-order chi connectivity index (χ0) is 11.5. The first-order chi connectivity index (χ1) is 7.70. The Kier molecular flexibility index (Phi) is 3.99. The molecule has 2 aromatic rings. The van der Waals surface area contributed by atoms with E-state index in [0.717, 1.165) is 15.8 Å². The maximum atomic E-state index is 5.64. The highest BCUT2D eigenvalue weighted by Gasteiger charge is 2.09. The summed E-state index contributed by atoms with van der Waals surface area (Å²) in [4.78, 5) is 4.20. The summed E-state index contributed by atoms with van der Waals surface area (Å²) in [6.07, 6.45) is 1.75. The minimum atomic E-state index is 0.640. The number of nitrogens with one attached hydrogen (secondary N) is 1. The molecule has 0 fully saturated rings. The molecule has 0 atom stereocenters. The van der Waals surface area contributed by atoms with Gasteiger partial charge in [0.25, 0.3) is 0 Å². The Labute approximate surface area is 116 Å². The highest BCUT2D eigenvalue weighted by molar-refractivity contribution is 14.1. The molecule has 1 aromatic heterocycles. The van der Waals surface area contributed by atoms with Crippen molar-refractivity contribution in [2.75, 3.05) is 7.05 Å². The van der Waals surface area contributed by atoms with Crippen LogP contribution in [0.15, 0.2) is 33.3 Å². The first-order valence-electron chi connectivity index (χ1n) is 4.75. The van der Waals surface area contributed by atoms with Gasteiger partial charge in [0.15, 0.2) is 5.76 Å². The fourth-order valence-corrected chi connectivity index (χ4v) is 2.29. The van der Waals surface area contributed by atoms with Crippen molar-refractivity contribution < 1.29 is 4.42 Å². The molecule has 0 aliphatic rings. The summed E-state index contributed by atoms with van der Waals surface area (Å²) in [7, 11) is 1.87. The minimum Gasteiger partial charge on any atom is -0.439 e. The average Bonchev–Trinajstić information content (AvgIpc) is 2.71. The highest BCUT2D eigenvalue weighted by atomic mass is 127. The van der Waals surface area contributed by atoms with Gasteiger partial charge in [0.1, 0.15) is 0 Å². The van der Waals surface area contributed by atoms with Gasteiger partial charge in [-0.15, -0.1) is 0 Å². The highest BCUT2D eigenvalue weighted by Crippen LogP contribution is 2.30. The fraction of sp³-hybridized carbons (Fsp3) is 0.182.